The first-order valence-corrected chi connectivity index (χ1v) is 14.7. The van der Waals surface area contributed by atoms with E-state index in [-0.39, 0.29) is 49.5 Å². The smallest absolute Gasteiger partial charge is 0.242 e. The molecule has 0 unspecified atom stereocenters. The third kappa shape index (κ3) is 9.46. The van der Waals surface area contributed by atoms with Crippen molar-refractivity contribution in [2.45, 2.75) is 66.0 Å². The molecule has 0 saturated carbocycles. The SMILES string of the molecule is CCc1ccc(N(CCCC(=O)N(Cc2ccc(F)cc2)[C@@H](CC)C(=O)NCC(C)C)S(C)(=O)=O)cc1. The first-order valence-electron chi connectivity index (χ1n) is 12.8. The topological polar surface area (TPSA) is 86.8 Å². The van der Waals surface area contributed by atoms with Crippen LogP contribution in [0.1, 0.15) is 58.1 Å². The van der Waals surface area contributed by atoms with Crippen LogP contribution in [0.2, 0.25) is 0 Å². The molecule has 2 rings (SSSR count). The zero-order valence-electron chi connectivity index (χ0n) is 22.5. The Balaban J connectivity index is 2.19. The maximum atomic E-state index is 13.4. The van der Waals surface area contributed by atoms with Gasteiger partial charge in [-0.15, -0.1) is 0 Å². The number of carbonyl (C=O) groups is 2. The summed E-state index contributed by atoms with van der Waals surface area (Å²) < 4.78 is 39.7. The predicted molar refractivity (Wildman–Crippen MR) is 146 cm³/mol. The van der Waals surface area contributed by atoms with Crippen molar-refractivity contribution >= 4 is 27.5 Å². The van der Waals surface area contributed by atoms with Gasteiger partial charge in [0.1, 0.15) is 11.9 Å². The first-order chi connectivity index (χ1) is 17.5. The van der Waals surface area contributed by atoms with Crippen LogP contribution < -0.4 is 9.62 Å². The van der Waals surface area contributed by atoms with Gasteiger partial charge in [0, 0.05) is 26.1 Å². The number of aryl methyl sites for hydroxylation is 1. The molecule has 0 aliphatic carbocycles. The van der Waals surface area contributed by atoms with E-state index in [1.807, 2.05) is 39.8 Å². The van der Waals surface area contributed by atoms with Gasteiger partial charge >= 0.3 is 0 Å². The summed E-state index contributed by atoms with van der Waals surface area (Å²) in [5.41, 5.74) is 2.36. The van der Waals surface area contributed by atoms with Crippen LogP contribution >= 0.6 is 0 Å². The van der Waals surface area contributed by atoms with Crippen molar-refractivity contribution < 1.29 is 22.4 Å². The Morgan fingerprint density at radius 3 is 2.08 bits per heavy atom. The van der Waals surface area contributed by atoms with Gasteiger partial charge in [0.15, 0.2) is 0 Å². The van der Waals surface area contributed by atoms with Gasteiger partial charge in [-0.05, 0) is 60.6 Å². The maximum Gasteiger partial charge on any atom is 0.242 e. The van der Waals surface area contributed by atoms with E-state index in [1.54, 1.807) is 24.3 Å². The highest BCUT2D eigenvalue weighted by Crippen LogP contribution is 2.20. The average molecular weight is 534 g/mol. The molecule has 37 heavy (non-hydrogen) atoms. The van der Waals surface area contributed by atoms with E-state index in [0.717, 1.165) is 18.2 Å². The van der Waals surface area contributed by atoms with Crippen molar-refractivity contribution in [1.29, 1.82) is 0 Å². The molecule has 2 aromatic carbocycles. The number of anilines is 1. The fraction of sp³-hybridized carbons (Fsp3) is 0.500. The number of amides is 2. The van der Waals surface area contributed by atoms with Gasteiger partial charge in [0.2, 0.25) is 21.8 Å². The van der Waals surface area contributed by atoms with Gasteiger partial charge in [-0.1, -0.05) is 52.0 Å². The zero-order valence-corrected chi connectivity index (χ0v) is 23.4. The minimum atomic E-state index is -3.55. The number of nitrogens with one attached hydrogen (secondary N) is 1. The molecule has 2 amide bonds. The molecule has 1 atom stereocenters. The van der Waals surface area contributed by atoms with Gasteiger partial charge in [0.05, 0.1) is 11.9 Å². The average Bonchev–Trinajstić information content (AvgIpc) is 2.85. The van der Waals surface area contributed by atoms with Crippen LogP contribution in [0.15, 0.2) is 48.5 Å². The Morgan fingerprint density at radius 2 is 1.57 bits per heavy atom. The lowest BCUT2D eigenvalue weighted by molar-refractivity contribution is -0.141. The molecular formula is C28H40FN3O4S. The van der Waals surface area contributed by atoms with Crippen molar-refractivity contribution in [2.75, 3.05) is 23.7 Å². The fourth-order valence-electron chi connectivity index (χ4n) is 4.03. The van der Waals surface area contributed by atoms with Crippen LogP contribution in [0.25, 0.3) is 0 Å². The highest BCUT2D eigenvalue weighted by molar-refractivity contribution is 7.92. The highest BCUT2D eigenvalue weighted by atomic mass is 32.2. The van der Waals surface area contributed by atoms with Gasteiger partial charge in [-0.3, -0.25) is 13.9 Å². The summed E-state index contributed by atoms with van der Waals surface area (Å²) in [7, 11) is -3.55. The Hall–Kier alpha value is -2.94. The molecule has 0 radical (unpaired) electrons. The molecule has 0 fully saturated rings. The third-order valence-corrected chi connectivity index (χ3v) is 7.32. The molecule has 0 aromatic heterocycles. The van der Waals surface area contributed by atoms with Crippen molar-refractivity contribution in [1.82, 2.24) is 10.2 Å². The molecule has 2 aromatic rings. The minimum Gasteiger partial charge on any atom is -0.354 e. The second-order valence-electron chi connectivity index (χ2n) is 9.67. The second kappa shape index (κ2) is 14.1. The summed E-state index contributed by atoms with van der Waals surface area (Å²) >= 11 is 0. The molecule has 0 aliphatic heterocycles. The number of hydrogen-bond acceptors (Lipinski definition) is 4. The third-order valence-electron chi connectivity index (χ3n) is 6.12. The van der Waals surface area contributed by atoms with Crippen molar-refractivity contribution in [2.24, 2.45) is 5.92 Å². The normalized spacial score (nSPS) is 12.3. The predicted octanol–water partition coefficient (Wildman–Crippen LogP) is 4.51. The molecule has 9 heteroatoms. The summed E-state index contributed by atoms with van der Waals surface area (Å²) in [6.07, 6.45) is 2.76. The second-order valence-corrected chi connectivity index (χ2v) is 11.6. The van der Waals surface area contributed by atoms with Gasteiger partial charge < -0.3 is 10.2 Å². The maximum absolute atomic E-state index is 13.4. The molecule has 0 spiro atoms. The number of sulfonamides is 1. The monoisotopic (exact) mass is 533 g/mol. The van der Waals surface area contributed by atoms with Crippen molar-refractivity contribution in [3.63, 3.8) is 0 Å². The molecular weight excluding hydrogens is 493 g/mol. The Kier molecular flexibility index (Phi) is 11.6. The van der Waals surface area contributed by atoms with E-state index in [4.69, 9.17) is 0 Å². The standard InChI is InChI=1S/C28H40FN3O4S/c1-6-22-12-16-25(17-13-22)32(37(5,35)36)18-8-9-27(33)31(20-23-10-14-24(29)15-11-23)26(7-2)28(34)30-19-21(3)4/h10-17,21,26H,6-9,18-20H2,1-5H3,(H,30,34)/t26-/m0/s1. The van der Waals surface area contributed by atoms with Gasteiger partial charge in [0.25, 0.3) is 0 Å². The number of hydrogen-bond donors (Lipinski definition) is 1. The highest BCUT2D eigenvalue weighted by Gasteiger charge is 2.29. The largest absolute Gasteiger partial charge is 0.354 e. The Bertz CT molecular complexity index is 1120. The quantitative estimate of drug-likeness (QED) is 0.387. The van der Waals surface area contributed by atoms with Crippen LogP contribution in [0.3, 0.4) is 0 Å². The van der Waals surface area contributed by atoms with Crippen LogP contribution in [-0.2, 0) is 32.6 Å². The first kappa shape index (κ1) is 30.3. The van der Waals surface area contributed by atoms with E-state index in [2.05, 4.69) is 5.32 Å². The summed E-state index contributed by atoms with van der Waals surface area (Å²) in [4.78, 5) is 27.9. The van der Waals surface area contributed by atoms with E-state index in [1.165, 1.54) is 21.3 Å². The summed E-state index contributed by atoms with van der Waals surface area (Å²) in [5, 5.41) is 2.91. The molecule has 1 N–H and O–H groups in total. The molecule has 7 nitrogen and oxygen atoms in total. The molecule has 204 valence electrons. The lowest BCUT2D eigenvalue weighted by atomic mass is 10.1. The minimum absolute atomic E-state index is 0.0637. The van der Waals surface area contributed by atoms with E-state index in [0.29, 0.717) is 24.2 Å². The van der Waals surface area contributed by atoms with Gasteiger partial charge in [-0.2, -0.15) is 0 Å². The molecule has 0 heterocycles. The van der Waals surface area contributed by atoms with Crippen LogP contribution in [0.5, 0.6) is 0 Å². The van der Waals surface area contributed by atoms with Crippen LogP contribution in [0, 0.1) is 11.7 Å². The Morgan fingerprint density at radius 1 is 0.973 bits per heavy atom. The summed E-state index contributed by atoms with van der Waals surface area (Å²) in [6, 6.07) is 12.5. The van der Waals surface area contributed by atoms with E-state index < -0.39 is 16.1 Å². The zero-order chi connectivity index (χ0) is 27.6. The number of rotatable bonds is 14. The van der Waals surface area contributed by atoms with E-state index >= 15 is 0 Å². The fourth-order valence-corrected chi connectivity index (χ4v) is 5.00. The molecule has 0 saturated heterocycles. The molecule has 0 bridgehead atoms. The van der Waals surface area contributed by atoms with Crippen LogP contribution in [-0.4, -0.2) is 50.5 Å². The van der Waals surface area contributed by atoms with Crippen molar-refractivity contribution in [3.05, 3.63) is 65.5 Å². The summed E-state index contributed by atoms with van der Waals surface area (Å²) in [6.45, 7) is 8.64. The number of nitrogens with zero attached hydrogens (tertiary/aromatic N) is 2. The van der Waals surface area contributed by atoms with Gasteiger partial charge in [-0.25, -0.2) is 12.8 Å². The lowest BCUT2D eigenvalue weighted by Crippen LogP contribution is -2.49. The van der Waals surface area contributed by atoms with Crippen LogP contribution in [0.4, 0.5) is 10.1 Å². The number of carbonyl (C=O) groups excluding carboxylic acids is 2. The number of benzene rings is 2. The van der Waals surface area contributed by atoms with Crippen molar-refractivity contribution in [3.8, 4) is 0 Å². The van der Waals surface area contributed by atoms with E-state index in [9.17, 15) is 22.4 Å². The lowest BCUT2D eigenvalue weighted by Gasteiger charge is -2.31. The Labute approximate surface area is 221 Å². The molecule has 0 aliphatic rings. The number of halogens is 1. The summed E-state index contributed by atoms with van der Waals surface area (Å²) in [5.74, 6) is -0.613.